The van der Waals surface area contributed by atoms with Crippen molar-refractivity contribution in [3.05, 3.63) is 93.7 Å². The Kier molecular flexibility index (Phi) is 3.64. The van der Waals surface area contributed by atoms with Gasteiger partial charge in [0.05, 0.1) is 17.6 Å². The van der Waals surface area contributed by atoms with Crippen LogP contribution in [0.1, 0.15) is 36.6 Å². The molecule has 2 aromatic carbocycles. The van der Waals surface area contributed by atoms with E-state index in [1.165, 1.54) is 23.3 Å². The third-order valence-corrected chi connectivity index (χ3v) is 7.18. The number of nitrogens with zero attached hydrogens (tertiary/aromatic N) is 2. The summed E-state index contributed by atoms with van der Waals surface area (Å²) in [5.41, 5.74) is 5.30. The summed E-state index contributed by atoms with van der Waals surface area (Å²) in [5, 5.41) is 5.33. The number of aromatic nitrogens is 2. The number of hydrogen-bond donors (Lipinski definition) is 0. The number of halogens is 2. The normalized spacial score (nSPS) is 27.6. The van der Waals surface area contributed by atoms with Crippen LogP contribution >= 0.6 is 11.6 Å². The lowest BCUT2D eigenvalue weighted by atomic mass is 9.69. The van der Waals surface area contributed by atoms with Crippen molar-refractivity contribution in [1.29, 1.82) is 0 Å². The molecule has 2 aliphatic carbocycles. The summed E-state index contributed by atoms with van der Waals surface area (Å²) >= 11 is 6.15. The van der Waals surface area contributed by atoms with Gasteiger partial charge in [0.15, 0.2) is 5.60 Å². The number of hydrogen-bond acceptors (Lipinski definition) is 2. The van der Waals surface area contributed by atoms with E-state index in [-0.39, 0.29) is 16.8 Å². The predicted molar refractivity (Wildman–Crippen MR) is 116 cm³/mol. The number of epoxide rings is 1. The molecule has 0 bridgehead atoms. The van der Waals surface area contributed by atoms with Crippen LogP contribution in [0.2, 0.25) is 5.02 Å². The van der Waals surface area contributed by atoms with Gasteiger partial charge in [-0.05, 0) is 78.9 Å². The maximum atomic E-state index is 13.3. The minimum absolute atomic E-state index is 0.0823. The molecule has 1 saturated carbocycles. The van der Waals surface area contributed by atoms with E-state index in [0.717, 1.165) is 47.0 Å². The molecule has 0 amide bonds. The molecule has 2 fully saturated rings. The van der Waals surface area contributed by atoms with Crippen LogP contribution in [0.25, 0.3) is 17.8 Å². The van der Waals surface area contributed by atoms with Gasteiger partial charge >= 0.3 is 0 Å². The zero-order chi connectivity index (χ0) is 20.5. The van der Waals surface area contributed by atoms with Crippen molar-refractivity contribution in [3.63, 3.8) is 0 Å². The van der Waals surface area contributed by atoms with E-state index in [1.807, 2.05) is 35.1 Å². The van der Waals surface area contributed by atoms with Crippen LogP contribution in [0, 0.1) is 11.2 Å². The van der Waals surface area contributed by atoms with Crippen LogP contribution in [0.3, 0.4) is 0 Å². The lowest BCUT2D eigenvalue weighted by Gasteiger charge is -2.32. The van der Waals surface area contributed by atoms with Gasteiger partial charge in [-0.25, -0.2) is 9.07 Å². The minimum Gasteiger partial charge on any atom is -0.478 e. The van der Waals surface area contributed by atoms with E-state index in [1.54, 1.807) is 12.1 Å². The molecule has 1 aromatic heterocycles. The average molecular weight is 419 g/mol. The van der Waals surface area contributed by atoms with Crippen LogP contribution in [0.4, 0.5) is 4.39 Å². The highest BCUT2D eigenvalue weighted by molar-refractivity contribution is 6.30. The van der Waals surface area contributed by atoms with Crippen LogP contribution < -0.4 is 0 Å². The van der Waals surface area contributed by atoms with E-state index in [9.17, 15) is 4.39 Å². The summed E-state index contributed by atoms with van der Waals surface area (Å²) in [5.74, 6) is 0.804. The first-order chi connectivity index (χ1) is 14.5. The average Bonchev–Trinajstić information content (AvgIpc) is 3.16. The molecule has 1 saturated heterocycles. The zero-order valence-electron chi connectivity index (χ0n) is 16.5. The second-order valence-electron chi connectivity index (χ2n) is 8.61. The van der Waals surface area contributed by atoms with E-state index in [4.69, 9.17) is 16.3 Å². The Hall–Kier alpha value is -2.85. The fraction of sp³-hybridized carbons (Fsp3) is 0.240. The molecule has 1 spiro atoms. The molecule has 2 atom stereocenters. The quantitative estimate of drug-likeness (QED) is 0.463. The second-order valence-corrected chi connectivity index (χ2v) is 9.05. The van der Waals surface area contributed by atoms with Crippen molar-refractivity contribution in [1.82, 2.24) is 9.78 Å². The number of fused-ring (bicyclic) bond motifs is 3. The van der Waals surface area contributed by atoms with Gasteiger partial charge in [-0.2, -0.15) is 5.10 Å². The number of rotatable bonds is 2. The molecule has 6 rings (SSSR count). The van der Waals surface area contributed by atoms with Crippen molar-refractivity contribution in [2.45, 2.75) is 31.8 Å². The van der Waals surface area contributed by atoms with Gasteiger partial charge in [-0.3, -0.25) is 0 Å². The lowest BCUT2D eigenvalue weighted by molar-refractivity contribution is 0.180. The topological polar surface area (TPSA) is 30.4 Å². The minimum atomic E-state index is -0.242. The Morgan fingerprint density at radius 1 is 1.20 bits per heavy atom. The van der Waals surface area contributed by atoms with Crippen molar-refractivity contribution >= 4 is 23.8 Å². The van der Waals surface area contributed by atoms with Crippen molar-refractivity contribution in [3.8, 4) is 5.69 Å². The van der Waals surface area contributed by atoms with Gasteiger partial charge in [0.1, 0.15) is 11.6 Å². The maximum absolute atomic E-state index is 13.3. The molecule has 0 radical (unpaired) electrons. The van der Waals surface area contributed by atoms with Gasteiger partial charge in [-0.1, -0.05) is 36.2 Å². The third-order valence-electron chi connectivity index (χ3n) is 6.95. The van der Waals surface area contributed by atoms with E-state index in [2.05, 4.69) is 24.2 Å². The molecule has 0 unspecified atom stereocenters. The first-order valence-corrected chi connectivity index (χ1v) is 10.6. The van der Waals surface area contributed by atoms with Crippen molar-refractivity contribution < 1.29 is 9.13 Å². The smallest absolute Gasteiger partial charge is 0.175 e. The van der Waals surface area contributed by atoms with Crippen LogP contribution in [0.15, 0.2) is 66.1 Å². The van der Waals surface area contributed by atoms with E-state index >= 15 is 0 Å². The molecule has 3 aliphatic rings. The molecule has 2 heterocycles. The van der Waals surface area contributed by atoms with Crippen LogP contribution in [0.5, 0.6) is 0 Å². The molecule has 3 aromatic rings. The second kappa shape index (κ2) is 6.08. The van der Waals surface area contributed by atoms with Crippen LogP contribution in [-0.2, 0) is 11.2 Å². The highest BCUT2D eigenvalue weighted by Crippen LogP contribution is 2.68. The molecular formula is C25H20ClFN2O. The fourth-order valence-electron chi connectivity index (χ4n) is 5.24. The summed E-state index contributed by atoms with van der Waals surface area (Å²) < 4.78 is 21.5. The summed E-state index contributed by atoms with van der Waals surface area (Å²) in [6, 6.07) is 14.3. The lowest BCUT2D eigenvalue weighted by Crippen LogP contribution is -2.35. The third kappa shape index (κ3) is 2.46. The standard InChI is InChI=1S/C25H20ClFN2O/c1-24-14-17-15-28-29(21-7-5-20(27)6-8-21)22(17)13-18(24)9-10-25(24)23(30-25)12-16-3-2-4-19(26)11-16/h2-8,11-13,15H,9-10,14H2,1H3/t24-,25+/m0/s1. The predicted octanol–water partition coefficient (Wildman–Crippen LogP) is 6.21. The molecule has 30 heavy (non-hydrogen) atoms. The highest BCUT2D eigenvalue weighted by Gasteiger charge is 2.69. The summed E-state index contributed by atoms with van der Waals surface area (Å²) in [7, 11) is 0. The van der Waals surface area contributed by atoms with Gasteiger partial charge in [-0.15, -0.1) is 0 Å². The molecule has 5 heteroatoms. The van der Waals surface area contributed by atoms with Gasteiger partial charge in [0, 0.05) is 10.4 Å². The van der Waals surface area contributed by atoms with Crippen molar-refractivity contribution in [2.24, 2.45) is 5.41 Å². The number of ether oxygens (including phenoxy) is 1. The molecule has 150 valence electrons. The Morgan fingerprint density at radius 3 is 2.83 bits per heavy atom. The fourth-order valence-corrected chi connectivity index (χ4v) is 5.44. The summed E-state index contributed by atoms with van der Waals surface area (Å²) in [6.07, 6.45) is 9.18. The Bertz CT molecular complexity index is 1240. The van der Waals surface area contributed by atoms with Crippen LogP contribution in [-0.4, -0.2) is 15.4 Å². The molecule has 3 nitrogen and oxygen atoms in total. The summed E-state index contributed by atoms with van der Waals surface area (Å²) in [6.45, 7) is 2.31. The Morgan fingerprint density at radius 2 is 2.03 bits per heavy atom. The molecule has 0 N–H and O–H groups in total. The zero-order valence-corrected chi connectivity index (χ0v) is 17.3. The van der Waals surface area contributed by atoms with Crippen molar-refractivity contribution in [2.75, 3.05) is 0 Å². The Balaban J connectivity index is 1.37. The summed E-state index contributed by atoms with van der Waals surface area (Å²) in [4.78, 5) is 0. The Labute approximate surface area is 179 Å². The maximum Gasteiger partial charge on any atom is 0.175 e. The largest absolute Gasteiger partial charge is 0.478 e. The van der Waals surface area contributed by atoms with E-state index in [0.29, 0.717) is 0 Å². The molecule has 1 aliphatic heterocycles. The SMILES string of the molecule is C[C@]12Cc3cnn(-c4ccc(F)cc4)c3C=C1CC[C@]21OC1=Cc1cccc(Cl)c1. The monoisotopic (exact) mass is 418 g/mol. The van der Waals surface area contributed by atoms with Gasteiger partial charge in [0.25, 0.3) is 0 Å². The van der Waals surface area contributed by atoms with E-state index < -0.39 is 0 Å². The number of benzene rings is 2. The van der Waals surface area contributed by atoms with Gasteiger partial charge < -0.3 is 4.74 Å². The first kappa shape index (κ1) is 18.0. The first-order valence-electron chi connectivity index (χ1n) is 10.2. The van der Waals surface area contributed by atoms with Gasteiger partial charge in [0.2, 0.25) is 0 Å². The molecular weight excluding hydrogens is 399 g/mol. The highest BCUT2D eigenvalue weighted by atomic mass is 35.5.